The van der Waals surface area contributed by atoms with Crippen LogP contribution in [0.4, 0.5) is 11.4 Å². The average molecular weight is 737 g/mol. The zero-order valence-electron chi connectivity index (χ0n) is 33.1. The monoisotopic (exact) mass is 736 g/mol. The molecule has 9 aromatic rings. The lowest BCUT2D eigenvalue weighted by molar-refractivity contribution is 0.591. The molecule has 0 atom stereocenters. The normalized spacial score (nSPS) is 13.1. The Morgan fingerprint density at radius 1 is 0.614 bits per heavy atom. The molecule has 4 heterocycles. The van der Waals surface area contributed by atoms with Crippen LogP contribution in [-0.2, 0) is 11.8 Å². The average Bonchev–Trinajstić information content (AvgIpc) is 3.79. The van der Waals surface area contributed by atoms with Crippen molar-refractivity contribution < 1.29 is 4.42 Å². The van der Waals surface area contributed by atoms with E-state index in [1.165, 1.54) is 102 Å². The van der Waals surface area contributed by atoms with Gasteiger partial charge in [-0.25, -0.2) is 0 Å². The van der Waals surface area contributed by atoms with Crippen LogP contribution in [0.15, 0.2) is 156 Å². The van der Waals surface area contributed by atoms with Crippen molar-refractivity contribution in [3.8, 4) is 39.1 Å². The first kappa shape index (κ1) is 34.0. The van der Waals surface area contributed by atoms with E-state index in [1.807, 2.05) is 0 Å². The fourth-order valence-corrected chi connectivity index (χ4v) is 9.73. The Kier molecular flexibility index (Phi) is 7.70. The number of aryl methyl sites for hydroxylation is 1. The Morgan fingerprint density at radius 2 is 1.35 bits per heavy atom. The molecule has 0 fully saturated rings. The maximum Gasteiger partial charge on any atom is 0.375 e. The highest BCUT2D eigenvalue weighted by atomic mass is 16.3. The van der Waals surface area contributed by atoms with Gasteiger partial charge in [0.25, 0.3) is 0 Å². The topological polar surface area (TPSA) is 21.3 Å². The molecule has 0 bridgehead atoms. The van der Waals surface area contributed by atoms with E-state index in [2.05, 4.69) is 189 Å². The summed E-state index contributed by atoms with van der Waals surface area (Å²) >= 11 is 0. The Hall–Kier alpha value is -6.26. The van der Waals surface area contributed by atoms with E-state index >= 15 is 0 Å². The quantitative estimate of drug-likeness (QED) is 0.120. The number of fused-ring (bicyclic) bond motifs is 10. The van der Waals surface area contributed by atoms with Gasteiger partial charge in [-0.1, -0.05) is 144 Å². The summed E-state index contributed by atoms with van der Waals surface area (Å²) in [5, 5.41) is 3.71. The van der Waals surface area contributed by atoms with Crippen LogP contribution in [0.2, 0.25) is 0 Å². The number of hydrogen-bond donors (Lipinski definition) is 0. The van der Waals surface area contributed by atoms with E-state index in [9.17, 15) is 0 Å². The van der Waals surface area contributed by atoms with Gasteiger partial charge in [0.1, 0.15) is 11.2 Å². The number of para-hydroxylation sites is 1. The van der Waals surface area contributed by atoms with Crippen molar-refractivity contribution >= 4 is 62.1 Å². The van der Waals surface area contributed by atoms with Crippen LogP contribution < -0.4 is 15.9 Å². The van der Waals surface area contributed by atoms with Gasteiger partial charge in [-0.2, -0.15) is 0 Å². The molecule has 4 heteroatoms. The second-order valence-electron chi connectivity index (χ2n) is 17.1. The van der Waals surface area contributed by atoms with Crippen LogP contribution in [0.1, 0.15) is 58.1 Å². The molecule has 0 saturated heterocycles. The third kappa shape index (κ3) is 5.19. The van der Waals surface area contributed by atoms with Gasteiger partial charge in [0.15, 0.2) is 0 Å². The number of anilines is 2. The SMILES string of the molecule is CCCCCc1ccc(N2B3c4oc5ccc(-c6ccccc6)cc5c4-n4c5ccc(C(C)(C)C)cc5c5c(-c6ccccc6)cc(c3c54)-c3ccccc32)cc1. The van der Waals surface area contributed by atoms with Gasteiger partial charge in [0, 0.05) is 33.1 Å². The number of rotatable bonds is 7. The lowest BCUT2D eigenvalue weighted by Crippen LogP contribution is -2.60. The van der Waals surface area contributed by atoms with Gasteiger partial charge in [-0.3, -0.25) is 0 Å². The van der Waals surface area contributed by atoms with Crippen molar-refractivity contribution in [3.63, 3.8) is 0 Å². The van der Waals surface area contributed by atoms with E-state index in [0.29, 0.717) is 0 Å². The molecule has 2 aliphatic rings. The molecule has 7 aromatic carbocycles. The van der Waals surface area contributed by atoms with Gasteiger partial charge in [-0.05, 0) is 111 Å². The van der Waals surface area contributed by atoms with Gasteiger partial charge in [-0.15, -0.1) is 0 Å². The number of aromatic nitrogens is 1. The molecule has 0 radical (unpaired) electrons. The molecule has 3 nitrogen and oxygen atoms in total. The molecule has 2 aromatic heterocycles. The smallest absolute Gasteiger partial charge is 0.375 e. The number of benzene rings is 7. The maximum absolute atomic E-state index is 7.27. The first-order valence-corrected chi connectivity index (χ1v) is 20.7. The first-order chi connectivity index (χ1) is 27.9. The van der Waals surface area contributed by atoms with Crippen LogP contribution in [0.25, 0.3) is 71.8 Å². The molecule has 0 spiro atoms. The van der Waals surface area contributed by atoms with Crippen molar-refractivity contribution in [3.05, 3.63) is 163 Å². The second-order valence-corrected chi connectivity index (χ2v) is 17.1. The highest BCUT2D eigenvalue weighted by Gasteiger charge is 2.47. The highest BCUT2D eigenvalue weighted by molar-refractivity contribution is 6.93. The predicted octanol–water partition coefficient (Wildman–Crippen LogP) is 13.1. The van der Waals surface area contributed by atoms with E-state index in [1.54, 1.807) is 0 Å². The van der Waals surface area contributed by atoms with Crippen LogP contribution in [-0.4, -0.2) is 11.4 Å². The molecular weight excluding hydrogens is 691 g/mol. The second kappa shape index (κ2) is 12.9. The molecular formula is C53H45BN2O. The van der Waals surface area contributed by atoms with Crippen LogP contribution in [0.3, 0.4) is 0 Å². The minimum Gasteiger partial charge on any atom is -0.466 e. The van der Waals surface area contributed by atoms with Crippen molar-refractivity contribution in [2.75, 3.05) is 4.81 Å². The fourth-order valence-electron chi connectivity index (χ4n) is 9.73. The van der Waals surface area contributed by atoms with Crippen molar-refractivity contribution in [2.24, 2.45) is 0 Å². The molecule has 0 aliphatic carbocycles. The summed E-state index contributed by atoms with van der Waals surface area (Å²) in [5.41, 5.74) is 19.3. The third-order valence-corrected chi connectivity index (χ3v) is 12.6. The zero-order valence-corrected chi connectivity index (χ0v) is 33.1. The Labute approximate surface area is 335 Å². The molecule has 57 heavy (non-hydrogen) atoms. The zero-order chi connectivity index (χ0) is 38.4. The van der Waals surface area contributed by atoms with Gasteiger partial charge >= 0.3 is 6.85 Å². The number of unbranched alkanes of at least 4 members (excludes halogenated alkanes) is 2. The molecule has 11 rings (SSSR count). The van der Waals surface area contributed by atoms with Crippen LogP contribution in [0.5, 0.6) is 0 Å². The predicted molar refractivity (Wildman–Crippen MR) is 242 cm³/mol. The van der Waals surface area contributed by atoms with E-state index in [-0.39, 0.29) is 12.3 Å². The van der Waals surface area contributed by atoms with Crippen LogP contribution >= 0.6 is 0 Å². The lowest BCUT2D eigenvalue weighted by atomic mass is 9.46. The molecule has 0 unspecified atom stereocenters. The van der Waals surface area contributed by atoms with Crippen molar-refractivity contribution in [2.45, 2.75) is 58.8 Å². The lowest BCUT2D eigenvalue weighted by Gasteiger charge is -2.40. The largest absolute Gasteiger partial charge is 0.466 e. The Balaban J connectivity index is 1.29. The summed E-state index contributed by atoms with van der Waals surface area (Å²) in [5.74, 6) is 0. The molecule has 276 valence electrons. The number of furan rings is 1. The number of hydrogen-bond acceptors (Lipinski definition) is 2. The van der Waals surface area contributed by atoms with Crippen LogP contribution in [0, 0.1) is 0 Å². The summed E-state index contributed by atoms with van der Waals surface area (Å²) in [7, 11) is 0. The fraction of sp³-hybridized carbons (Fsp3) is 0.170. The molecule has 0 saturated carbocycles. The van der Waals surface area contributed by atoms with E-state index in [0.717, 1.165) is 28.7 Å². The van der Waals surface area contributed by atoms with Crippen molar-refractivity contribution in [1.29, 1.82) is 0 Å². The van der Waals surface area contributed by atoms with Crippen molar-refractivity contribution in [1.82, 2.24) is 4.57 Å². The van der Waals surface area contributed by atoms with E-state index in [4.69, 9.17) is 4.42 Å². The summed E-state index contributed by atoms with van der Waals surface area (Å²) < 4.78 is 9.83. The minimum absolute atomic E-state index is 0.0109. The summed E-state index contributed by atoms with van der Waals surface area (Å²) in [6.07, 6.45) is 4.81. The summed E-state index contributed by atoms with van der Waals surface area (Å²) in [6.45, 7) is 9.04. The Morgan fingerprint density at radius 3 is 2.11 bits per heavy atom. The standard InChI is InChI=1S/C53H45BN2O/c1-5-6-9-16-34-23-27-39(28-24-34)56-46-22-15-14-21-40(46)42-33-41(36-19-12-8-13-20-36)48-43-32-38(53(2,3)4)26-29-45(43)55-50-44-31-37(35-17-10-7-11-18-35)25-30-47(44)57-52(50)54(56)49(42)51(48)55/h7-8,10-15,17-33H,5-6,9,16H2,1-4H3. The van der Waals surface area contributed by atoms with Gasteiger partial charge in [0.2, 0.25) is 0 Å². The highest BCUT2D eigenvalue weighted by Crippen LogP contribution is 2.49. The van der Waals surface area contributed by atoms with Gasteiger partial charge < -0.3 is 13.8 Å². The minimum atomic E-state index is -0.186. The van der Waals surface area contributed by atoms with E-state index < -0.39 is 0 Å². The third-order valence-electron chi connectivity index (χ3n) is 12.6. The summed E-state index contributed by atoms with van der Waals surface area (Å²) in [6, 6.07) is 56.5. The number of nitrogens with zero attached hydrogens (tertiary/aromatic N) is 2. The molecule has 0 amide bonds. The Bertz CT molecular complexity index is 3000. The first-order valence-electron chi connectivity index (χ1n) is 20.7. The molecule has 2 aliphatic heterocycles. The maximum atomic E-state index is 7.27. The molecule has 0 N–H and O–H groups in total. The van der Waals surface area contributed by atoms with Gasteiger partial charge in [0.05, 0.1) is 16.7 Å². The summed E-state index contributed by atoms with van der Waals surface area (Å²) in [4.78, 5) is 2.57.